The highest BCUT2D eigenvalue weighted by Crippen LogP contribution is 2.20. The Kier molecular flexibility index (Phi) is 1.88. The van der Waals surface area contributed by atoms with Crippen molar-refractivity contribution in [3.63, 3.8) is 0 Å². The molecule has 13 heavy (non-hydrogen) atoms. The van der Waals surface area contributed by atoms with Gasteiger partial charge in [0.15, 0.2) is 5.69 Å². The molecule has 0 fully saturated rings. The fourth-order valence-electron chi connectivity index (χ4n) is 1.39. The van der Waals surface area contributed by atoms with Crippen LogP contribution in [0.2, 0.25) is 0 Å². The van der Waals surface area contributed by atoms with Gasteiger partial charge in [0.05, 0.1) is 12.3 Å². The number of esters is 1. The second-order valence-electron chi connectivity index (χ2n) is 2.79. The summed E-state index contributed by atoms with van der Waals surface area (Å²) in [7, 11) is 0. The number of ether oxygens (including phenoxy) is 1. The Hall–Kier alpha value is -1.58. The van der Waals surface area contributed by atoms with Gasteiger partial charge in [-0.15, -0.1) is 0 Å². The maximum Gasteiger partial charge on any atom is 0.359 e. The molecule has 0 amide bonds. The zero-order chi connectivity index (χ0) is 9.26. The number of hydrogen-bond acceptors (Lipinski definition) is 3. The van der Waals surface area contributed by atoms with E-state index < -0.39 is 0 Å². The van der Waals surface area contributed by atoms with Crippen LogP contribution in [0.5, 0.6) is 0 Å². The Labute approximate surface area is 75.6 Å². The lowest BCUT2D eigenvalue weighted by Crippen LogP contribution is -2.07. The van der Waals surface area contributed by atoms with Gasteiger partial charge in [0.25, 0.3) is 0 Å². The first-order chi connectivity index (χ1) is 6.33. The Balaban J connectivity index is 2.28. The summed E-state index contributed by atoms with van der Waals surface area (Å²) >= 11 is 0. The van der Waals surface area contributed by atoms with Gasteiger partial charge in [-0.3, -0.25) is 5.10 Å². The van der Waals surface area contributed by atoms with Crippen LogP contribution in [0, 0.1) is 0 Å². The quantitative estimate of drug-likeness (QED) is 0.691. The number of allylic oxidation sites excluding steroid dienone is 1. The van der Waals surface area contributed by atoms with Gasteiger partial charge in [-0.25, -0.2) is 4.79 Å². The zero-order valence-electron chi connectivity index (χ0n) is 7.33. The standard InChI is InChI=1S/C9H10N2O2/c1-2-13-9(12)8-6-4-3-5-7(6)10-11-8/h3,5H,2,4H2,1H3,(H,10,11). The van der Waals surface area contributed by atoms with E-state index in [0.717, 1.165) is 17.7 Å². The second kappa shape index (κ2) is 3.05. The van der Waals surface area contributed by atoms with Crippen molar-refractivity contribution in [3.8, 4) is 0 Å². The third-order valence-corrected chi connectivity index (χ3v) is 1.97. The summed E-state index contributed by atoms with van der Waals surface area (Å²) in [6.07, 6.45) is 4.68. The summed E-state index contributed by atoms with van der Waals surface area (Å²) in [4.78, 5) is 11.3. The molecular weight excluding hydrogens is 168 g/mol. The molecule has 0 aliphatic heterocycles. The molecule has 1 aromatic rings. The number of carbonyl (C=O) groups excluding carboxylic acids is 1. The topological polar surface area (TPSA) is 55.0 Å². The number of rotatable bonds is 2. The van der Waals surface area contributed by atoms with Gasteiger partial charge in [0, 0.05) is 5.56 Å². The molecule has 2 rings (SSSR count). The van der Waals surface area contributed by atoms with E-state index in [0.29, 0.717) is 12.3 Å². The minimum absolute atomic E-state index is 0.344. The number of nitrogens with one attached hydrogen (secondary N) is 1. The molecule has 1 aromatic heterocycles. The lowest BCUT2D eigenvalue weighted by atomic mass is 10.2. The number of H-pyrrole nitrogens is 1. The molecule has 1 aliphatic carbocycles. The average Bonchev–Trinajstić information content (AvgIpc) is 2.62. The lowest BCUT2D eigenvalue weighted by Gasteiger charge is -1.98. The third kappa shape index (κ3) is 1.24. The van der Waals surface area contributed by atoms with Gasteiger partial charge in [0.2, 0.25) is 0 Å². The normalized spacial score (nSPS) is 13.0. The fraction of sp³-hybridized carbons (Fsp3) is 0.333. The molecule has 0 saturated heterocycles. The monoisotopic (exact) mass is 178 g/mol. The number of aromatic amines is 1. The second-order valence-corrected chi connectivity index (χ2v) is 2.79. The van der Waals surface area contributed by atoms with Gasteiger partial charge in [-0.1, -0.05) is 6.08 Å². The lowest BCUT2D eigenvalue weighted by molar-refractivity contribution is 0.0518. The van der Waals surface area contributed by atoms with Crippen molar-refractivity contribution in [3.05, 3.63) is 23.0 Å². The van der Waals surface area contributed by atoms with Crippen molar-refractivity contribution in [2.45, 2.75) is 13.3 Å². The van der Waals surface area contributed by atoms with E-state index in [1.807, 2.05) is 12.2 Å². The van der Waals surface area contributed by atoms with E-state index in [1.54, 1.807) is 6.92 Å². The number of nitrogens with zero attached hydrogens (tertiary/aromatic N) is 1. The predicted octanol–water partition coefficient (Wildman–Crippen LogP) is 1.16. The minimum atomic E-state index is -0.344. The Morgan fingerprint density at radius 2 is 2.62 bits per heavy atom. The molecule has 0 atom stereocenters. The van der Waals surface area contributed by atoms with E-state index in [9.17, 15) is 4.79 Å². The summed E-state index contributed by atoms with van der Waals surface area (Å²) in [6, 6.07) is 0. The zero-order valence-corrected chi connectivity index (χ0v) is 7.33. The maximum atomic E-state index is 11.3. The smallest absolute Gasteiger partial charge is 0.359 e. The molecule has 68 valence electrons. The average molecular weight is 178 g/mol. The number of hydrogen-bond donors (Lipinski definition) is 1. The van der Waals surface area contributed by atoms with Crippen molar-refractivity contribution in [2.75, 3.05) is 6.61 Å². The first kappa shape index (κ1) is 8.04. The van der Waals surface area contributed by atoms with Crippen LogP contribution in [0.1, 0.15) is 28.7 Å². The molecule has 1 heterocycles. The third-order valence-electron chi connectivity index (χ3n) is 1.97. The predicted molar refractivity (Wildman–Crippen MR) is 47.3 cm³/mol. The van der Waals surface area contributed by atoms with E-state index in [4.69, 9.17) is 4.74 Å². The first-order valence-corrected chi connectivity index (χ1v) is 4.24. The number of aromatic nitrogens is 2. The van der Waals surface area contributed by atoms with Crippen molar-refractivity contribution >= 4 is 12.0 Å². The van der Waals surface area contributed by atoms with Crippen molar-refractivity contribution in [1.29, 1.82) is 0 Å². The molecule has 4 nitrogen and oxygen atoms in total. The van der Waals surface area contributed by atoms with Crippen molar-refractivity contribution in [1.82, 2.24) is 10.2 Å². The van der Waals surface area contributed by atoms with Gasteiger partial charge < -0.3 is 4.74 Å². The molecule has 0 spiro atoms. The molecular formula is C9H10N2O2. The summed E-state index contributed by atoms with van der Waals surface area (Å²) in [5, 5.41) is 6.69. The number of fused-ring (bicyclic) bond motifs is 1. The van der Waals surface area contributed by atoms with Crippen LogP contribution < -0.4 is 0 Å². The molecule has 0 aromatic carbocycles. The summed E-state index contributed by atoms with van der Waals surface area (Å²) in [5.41, 5.74) is 2.28. The Bertz CT molecular complexity index is 366. The first-order valence-electron chi connectivity index (χ1n) is 4.24. The molecule has 1 N–H and O–H groups in total. The van der Waals surface area contributed by atoms with Gasteiger partial charge in [-0.05, 0) is 19.4 Å². The Morgan fingerprint density at radius 1 is 1.77 bits per heavy atom. The summed E-state index contributed by atoms with van der Waals surface area (Å²) < 4.78 is 4.86. The highest BCUT2D eigenvalue weighted by molar-refractivity contribution is 5.90. The summed E-state index contributed by atoms with van der Waals surface area (Å²) in [5.74, 6) is -0.344. The van der Waals surface area contributed by atoms with Gasteiger partial charge >= 0.3 is 5.97 Å². The van der Waals surface area contributed by atoms with Gasteiger partial charge in [0.1, 0.15) is 0 Å². The highest BCUT2D eigenvalue weighted by atomic mass is 16.5. The van der Waals surface area contributed by atoms with Crippen molar-refractivity contribution < 1.29 is 9.53 Å². The van der Waals surface area contributed by atoms with Crippen LogP contribution in [0.25, 0.3) is 6.08 Å². The molecule has 0 bridgehead atoms. The van der Waals surface area contributed by atoms with E-state index in [1.165, 1.54) is 0 Å². The molecule has 0 radical (unpaired) electrons. The Morgan fingerprint density at radius 3 is 3.38 bits per heavy atom. The van der Waals surface area contributed by atoms with E-state index >= 15 is 0 Å². The van der Waals surface area contributed by atoms with E-state index in [2.05, 4.69) is 10.2 Å². The van der Waals surface area contributed by atoms with Crippen LogP contribution in [0.15, 0.2) is 6.08 Å². The van der Waals surface area contributed by atoms with Gasteiger partial charge in [-0.2, -0.15) is 5.10 Å². The van der Waals surface area contributed by atoms with Crippen LogP contribution in [-0.4, -0.2) is 22.8 Å². The molecule has 0 unspecified atom stereocenters. The van der Waals surface area contributed by atoms with E-state index in [-0.39, 0.29) is 5.97 Å². The van der Waals surface area contributed by atoms with Crippen LogP contribution >= 0.6 is 0 Å². The molecule has 4 heteroatoms. The van der Waals surface area contributed by atoms with Crippen LogP contribution in [-0.2, 0) is 11.2 Å². The largest absolute Gasteiger partial charge is 0.461 e. The maximum absolute atomic E-state index is 11.3. The minimum Gasteiger partial charge on any atom is -0.461 e. The highest BCUT2D eigenvalue weighted by Gasteiger charge is 2.20. The number of carbonyl (C=O) groups is 1. The molecule has 0 saturated carbocycles. The molecule has 1 aliphatic rings. The van der Waals surface area contributed by atoms with Crippen LogP contribution in [0.3, 0.4) is 0 Å². The van der Waals surface area contributed by atoms with Crippen LogP contribution in [0.4, 0.5) is 0 Å². The SMILES string of the molecule is CCOC(=O)c1n[nH]c2c1CC=C2. The van der Waals surface area contributed by atoms with Crippen molar-refractivity contribution in [2.24, 2.45) is 0 Å². The fourth-order valence-corrected chi connectivity index (χ4v) is 1.39. The summed E-state index contributed by atoms with van der Waals surface area (Å²) in [6.45, 7) is 2.16.